The summed E-state index contributed by atoms with van der Waals surface area (Å²) < 4.78 is 0. The minimum Gasteiger partial charge on any atom is -0.392 e. The summed E-state index contributed by atoms with van der Waals surface area (Å²) in [7, 11) is 0. The Morgan fingerprint density at radius 2 is 1.71 bits per heavy atom. The zero-order valence-corrected chi connectivity index (χ0v) is 10.4. The lowest BCUT2D eigenvalue weighted by atomic mass is 9.70. The first-order valence-electron chi connectivity index (χ1n) is 7.12. The van der Waals surface area contributed by atoms with Crippen molar-refractivity contribution in [3.05, 3.63) is 35.4 Å². The molecule has 2 unspecified atom stereocenters. The van der Waals surface area contributed by atoms with Gasteiger partial charge in [0.1, 0.15) is 0 Å². The predicted molar refractivity (Wildman–Crippen MR) is 70.1 cm³/mol. The third kappa shape index (κ3) is 2.13. The lowest BCUT2D eigenvalue weighted by Crippen LogP contribution is -2.34. The van der Waals surface area contributed by atoms with Crippen LogP contribution >= 0.6 is 0 Å². The molecular weight excluding hydrogens is 208 g/mol. The molecule has 2 atom stereocenters. The molecule has 1 saturated carbocycles. The van der Waals surface area contributed by atoms with E-state index in [1.165, 1.54) is 49.7 Å². The molecule has 0 amide bonds. The maximum atomic E-state index is 10.6. The van der Waals surface area contributed by atoms with E-state index in [4.69, 9.17) is 0 Å². The van der Waals surface area contributed by atoms with Crippen LogP contribution in [0.2, 0.25) is 0 Å². The van der Waals surface area contributed by atoms with Crippen molar-refractivity contribution in [3.8, 4) is 0 Å². The van der Waals surface area contributed by atoms with Crippen LogP contribution in [0, 0.1) is 5.92 Å². The molecule has 92 valence electrons. The molecule has 0 heterocycles. The monoisotopic (exact) mass is 230 g/mol. The summed E-state index contributed by atoms with van der Waals surface area (Å²) >= 11 is 0. The Bertz CT molecular complexity index is 377. The normalized spacial score (nSPS) is 26.8. The quantitative estimate of drug-likeness (QED) is 0.769. The molecule has 0 saturated heterocycles. The SMILES string of the molecule is OC(C1CCCCCC1)C1Cc2ccccc21. The van der Waals surface area contributed by atoms with Gasteiger partial charge >= 0.3 is 0 Å². The van der Waals surface area contributed by atoms with Crippen molar-refractivity contribution in [1.82, 2.24) is 0 Å². The summed E-state index contributed by atoms with van der Waals surface area (Å²) in [4.78, 5) is 0. The van der Waals surface area contributed by atoms with E-state index >= 15 is 0 Å². The molecule has 1 aromatic carbocycles. The van der Waals surface area contributed by atoms with E-state index in [1.807, 2.05) is 0 Å². The van der Waals surface area contributed by atoms with Gasteiger partial charge in [-0.25, -0.2) is 0 Å². The van der Waals surface area contributed by atoms with Gasteiger partial charge in [-0.2, -0.15) is 0 Å². The van der Waals surface area contributed by atoms with Gasteiger partial charge in [0.25, 0.3) is 0 Å². The number of fused-ring (bicyclic) bond motifs is 1. The maximum Gasteiger partial charge on any atom is 0.0640 e. The topological polar surface area (TPSA) is 20.2 Å². The average molecular weight is 230 g/mol. The molecule has 0 radical (unpaired) electrons. The smallest absolute Gasteiger partial charge is 0.0640 e. The third-order valence-corrected chi connectivity index (χ3v) is 4.69. The van der Waals surface area contributed by atoms with Crippen molar-refractivity contribution in [1.29, 1.82) is 0 Å². The molecular formula is C16H22O. The van der Waals surface area contributed by atoms with Gasteiger partial charge in [0.2, 0.25) is 0 Å². The Labute approximate surface area is 104 Å². The molecule has 1 nitrogen and oxygen atoms in total. The van der Waals surface area contributed by atoms with Gasteiger partial charge in [-0.1, -0.05) is 49.9 Å². The summed E-state index contributed by atoms with van der Waals surface area (Å²) in [6.07, 6.45) is 8.83. The van der Waals surface area contributed by atoms with Crippen LogP contribution in [0.25, 0.3) is 0 Å². The molecule has 0 spiro atoms. The third-order valence-electron chi connectivity index (χ3n) is 4.69. The Kier molecular flexibility index (Phi) is 3.19. The Morgan fingerprint density at radius 1 is 1.00 bits per heavy atom. The van der Waals surface area contributed by atoms with E-state index in [0.717, 1.165) is 6.42 Å². The first-order valence-corrected chi connectivity index (χ1v) is 7.12. The summed E-state index contributed by atoms with van der Waals surface area (Å²) in [5.74, 6) is 0.977. The van der Waals surface area contributed by atoms with Crippen LogP contribution < -0.4 is 0 Å². The molecule has 0 aliphatic heterocycles. The van der Waals surface area contributed by atoms with Gasteiger partial charge in [-0.05, 0) is 36.3 Å². The second-order valence-corrected chi connectivity index (χ2v) is 5.75. The molecule has 3 rings (SSSR count). The van der Waals surface area contributed by atoms with E-state index in [1.54, 1.807) is 0 Å². The molecule has 2 aliphatic carbocycles. The van der Waals surface area contributed by atoms with Crippen LogP contribution in [0.4, 0.5) is 0 Å². The van der Waals surface area contributed by atoms with Gasteiger partial charge in [0, 0.05) is 5.92 Å². The first kappa shape index (κ1) is 11.3. The van der Waals surface area contributed by atoms with Crippen molar-refractivity contribution in [2.75, 3.05) is 0 Å². The zero-order valence-electron chi connectivity index (χ0n) is 10.4. The van der Waals surface area contributed by atoms with Crippen LogP contribution in [0.1, 0.15) is 55.6 Å². The molecule has 1 aromatic rings. The molecule has 0 bridgehead atoms. The van der Waals surface area contributed by atoms with Crippen molar-refractivity contribution in [2.45, 2.75) is 57.0 Å². The number of hydrogen-bond donors (Lipinski definition) is 1. The first-order chi connectivity index (χ1) is 8.36. The highest BCUT2D eigenvalue weighted by Gasteiger charge is 2.35. The highest BCUT2D eigenvalue weighted by Crippen LogP contribution is 2.42. The molecule has 2 aliphatic rings. The van der Waals surface area contributed by atoms with E-state index in [2.05, 4.69) is 24.3 Å². The number of rotatable bonds is 2. The Balaban J connectivity index is 1.69. The van der Waals surface area contributed by atoms with E-state index in [0.29, 0.717) is 11.8 Å². The summed E-state index contributed by atoms with van der Waals surface area (Å²) in [5, 5.41) is 10.6. The van der Waals surface area contributed by atoms with Gasteiger partial charge in [-0.15, -0.1) is 0 Å². The largest absolute Gasteiger partial charge is 0.392 e. The number of aliphatic hydroxyl groups is 1. The van der Waals surface area contributed by atoms with Crippen LogP contribution in [0.15, 0.2) is 24.3 Å². The fourth-order valence-corrected chi connectivity index (χ4v) is 3.58. The van der Waals surface area contributed by atoms with Gasteiger partial charge in [0.15, 0.2) is 0 Å². The van der Waals surface area contributed by atoms with Crippen LogP contribution in [0.3, 0.4) is 0 Å². The molecule has 17 heavy (non-hydrogen) atoms. The van der Waals surface area contributed by atoms with Crippen LogP contribution in [0.5, 0.6) is 0 Å². The van der Waals surface area contributed by atoms with E-state index in [-0.39, 0.29) is 6.10 Å². The van der Waals surface area contributed by atoms with Crippen molar-refractivity contribution in [2.24, 2.45) is 5.92 Å². The van der Waals surface area contributed by atoms with Crippen molar-refractivity contribution >= 4 is 0 Å². The predicted octanol–water partition coefficient (Wildman–Crippen LogP) is 3.66. The summed E-state index contributed by atoms with van der Waals surface area (Å²) in [5.41, 5.74) is 2.86. The summed E-state index contributed by atoms with van der Waals surface area (Å²) in [6, 6.07) is 8.60. The van der Waals surface area contributed by atoms with Crippen LogP contribution in [-0.2, 0) is 6.42 Å². The molecule has 0 aromatic heterocycles. The lowest BCUT2D eigenvalue weighted by molar-refractivity contribution is 0.0645. The Hall–Kier alpha value is -0.820. The molecule has 1 N–H and O–H groups in total. The van der Waals surface area contributed by atoms with Crippen LogP contribution in [-0.4, -0.2) is 11.2 Å². The second-order valence-electron chi connectivity index (χ2n) is 5.75. The van der Waals surface area contributed by atoms with Gasteiger partial charge < -0.3 is 5.11 Å². The zero-order chi connectivity index (χ0) is 11.7. The average Bonchev–Trinajstić information content (AvgIpc) is 2.59. The maximum absolute atomic E-state index is 10.6. The highest BCUT2D eigenvalue weighted by atomic mass is 16.3. The Morgan fingerprint density at radius 3 is 2.41 bits per heavy atom. The summed E-state index contributed by atoms with van der Waals surface area (Å²) in [6.45, 7) is 0. The van der Waals surface area contributed by atoms with E-state index < -0.39 is 0 Å². The van der Waals surface area contributed by atoms with Gasteiger partial charge in [0.05, 0.1) is 6.10 Å². The van der Waals surface area contributed by atoms with Crippen molar-refractivity contribution in [3.63, 3.8) is 0 Å². The second kappa shape index (κ2) is 4.81. The van der Waals surface area contributed by atoms with E-state index in [9.17, 15) is 5.11 Å². The molecule has 1 fully saturated rings. The van der Waals surface area contributed by atoms with Crippen molar-refractivity contribution < 1.29 is 5.11 Å². The highest BCUT2D eigenvalue weighted by molar-refractivity contribution is 5.40. The fourth-order valence-electron chi connectivity index (χ4n) is 3.58. The standard InChI is InChI=1S/C16H22O/c17-16(12-7-3-1-2-4-8-12)15-11-13-9-5-6-10-14(13)15/h5-6,9-10,12,15-17H,1-4,7-8,11H2. The molecule has 1 heteroatoms. The minimum atomic E-state index is -0.0944. The minimum absolute atomic E-state index is 0.0944. The fraction of sp³-hybridized carbons (Fsp3) is 0.625. The lowest BCUT2D eigenvalue weighted by Gasteiger charge is -2.37. The number of hydrogen-bond acceptors (Lipinski definition) is 1. The number of aliphatic hydroxyl groups excluding tert-OH is 1. The van der Waals surface area contributed by atoms with Gasteiger partial charge in [-0.3, -0.25) is 0 Å². The number of benzene rings is 1.